The van der Waals surface area contributed by atoms with Crippen molar-refractivity contribution in [2.75, 3.05) is 6.61 Å². The number of rotatable bonds is 5. The molecular weight excluding hydrogens is 346 g/mol. The quantitative estimate of drug-likeness (QED) is 0.418. The highest BCUT2D eigenvalue weighted by atomic mass is 32.1. The van der Waals surface area contributed by atoms with E-state index in [4.69, 9.17) is 17.0 Å². The third-order valence-corrected chi connectivity index (χ3v) is 5.18. The van der Waals surface area contributed by atoms with Crippen LogP contribution in [0.2, 0.25) is 0 Å². The van der Waals surface area contributed by atoms with Gasteiger partial charge in [0.05, 0.1) is 6.61 Å². The van der Waals surface area contributed by atoms with Crippen molar-refractivity contribution in [1.29, 1.82) is 0 Å². The summed E-state index contributed by atoms with van der Waals surface area (Å²) in [4.78, 5) is 12.0. The lowest BCUT2D eigenvalue weighted by molar-refractivity contribution is -0.116. The molecule has 0 aromatic heterocycles. The first kappa shape index (κ1) is 20.2. The molecule has 1 aromatic carbocycles. The first-order valence-corrected chi connectivity index (χ1v) is 9.68. The Morgan fingerprint density at radius 3 is 2.81 bits per heavy atom. The van der Waals surface area contributed by atoms with Crippen molar-refractivity contribution in [2.24, 2.45) is 11.8 Å². The second-order valence-electron chi connectivity index (χ2n) is 6.77. The van der Waals surface area contributed by atoms with Crippen LogP contribution in [0.3, 0.4) is 0 Å². The van der Waals surface area contributed by atoms with Crippen LogP contribution in [-0.2, 0) is 4.79 Å². The van der Waals surface area contributed by atoms with E-state index in [0.717, 1.165) is 17.7 Å². The summed E-state index contributed by atoms with van der Waals surface area (Å²) in [5.74, 6) is 1.73. The molecule has 0 saturated heterocycles. The number of hydrazine groups is 1. The SMILES string of the molecule is CCOc1ccccc1/C=C/C(=O)NNC(=S)N[C@H]1CCC[C@H](C)[C@@H]1C. The van der Waals surface area contributed by atoms with Crippen molar-refractivity contribution < 1.29 is 9.53 Å². The Morgan fingerprint density at radius 2 is 2.04 bits per heavy atom. The standard InChI is InChI=1S/C20H29N3O2S/c1-4-25-18-11-6-5-9-16(18)12-13-19(24)22-23-20(26)21-17-10-7-8-14(2)15(17)3/h5-6,9,11-15,17H,4,7-8,10H2,1-3H3,(H,22,24)(H2,21,23,26)/b13-12+/t14-,15-,17-/m0/s1. The fourth-order valence-electron chi connectivity index (χ4n) is 3.22. The number of benzene rings is 1. The van der Waals surface area contributed by atoms with Gasteiger partial charge in [0.1, 0.15) is 5.75 Å². The van der Waals surface area contributed by atoms with E-state index in [1.165, 1.54) is 18.9 Å². The molecule has 3 atom stereocenters. The maximum absolute atomic E-state index is 12.0. The van der Waals surface area contributed by atoms with Crippen molar-refractivity contribution in [2.45, 2.75) is 46.1 Å². The number of hydrogen-bond donors (Lipinski definition) is 3. The largest absolute Gasteiger partial charge is 0.493 e. The minimum absolute atomic E-state index is 0.273. The Hall–Kier alpha value is -2.08. The summed E-state index contributed by atoms with van der Waals surface area (Å²) in [6, 6.07) is 7.94. The summed E-state index contributed by atoms with van der Waals surface area (Å²) >= 11 is 5.30. The molecule has 26 heavy (non-hydrogen) atoms. The maximum Gasteiger partial charge on any atom is 0.262 e. The molecule has 0 spiro atoms. The monoisotopic (exact) mass is 375 g/mol. The van der Waals surface area contributed by atoms with E-state index in [1.807, 2.05) is 31.2 Å². The Labute approximate surface area is 161 Å². The van der Waals surface area contributed by atoms with Gasteiger partial charge < -0.3 is 10.1 Å². The highest BCUT2D eigenvalue weighted by Crippen LogP contribution is 2.29. The zero-order valence-corrected chi connectivity index (χ0v) is 16.6. The molecule has 0 unspecified atom stereocenters. The van der Waals surface area contributed by atoms with E-state index in [2.05, 4.69) is 30.0 Å². The van der Waals surface area contributed by atoms with Crippen molar-refractivity contribution in [3.05, 3.63) is 35.9 Å². The fourth-order valence-corrected chi connectivity index (χ4v) is 3.42. The van der Waals surface area contributed by atoms with Gasteiger partial charge in [-0.15, -0.1) is 0 Å². The van der Waals surface area contributed by atoms with Crippen LogP contribution in [0, 0.1) is 11.8 Å². The van der Waals surface area contributed by atoms with Crippen LogP contribution in [-0.4, -0.2) is 23.7 Å². The predicted molar refractivity (Wildman–Crippen MR) is 110 cm³/mol. The molecule has 3 N–H and O–H groups in total. The highest BCUT2D eigenvalue weighted by Gasteiger charge is 2.27. The molecule has 1 aliphatic carbocycles. The van der Waals surface area contributed by atoms with Gasteiger partial charge in [-0.25, -0.2) is 0 Å². The molecule has 142 valence electrons. The Kier molecular flexibility index (Phi) is 7.91. The zero-order chi connectivity index (χ0) is 18.9. The summed E-state index contributed by atoms with van der Waals surface area (Å²) < 4.78 is 5.54. The fraction of sp³-hybridized carbons (Fsp3) is 0.500. The molecule has 0 radical (unpaired) electrons. The number of thiocarbonyl (C=S) groups is 1. The zero-order valence-electron chi connectivity index (χ0n) is 15.7. The second-order valence-corrected chi connectivity index (χ2v) is 7.17. The molecule has 1 fully saturated rings. The van der Waals surface area contributed by atoms with Crippen molar-refractivity contribution in [3.8, 4) is 5.75 Å². The summed E-state index contributed by atoms with van der Waals surface area (Å²) in [6.07, 6.45) is 6.77. The Bertz CT molecular complexity index is 648. The molecule has 1 saturated carbocycles. The summed E-state index contributed by atoms with van der Waals surface area (Å²) in [6.45, 7) is 7.04. The number of nitrogens with one attached hydrogen (secondary N) is 3. The van der Waals surface area contributed by atoms with Gasteiger partial charge in [0.15, 0.2) is 5.11 Å². The first-order valence-electron chi connectivity index (χ1n) is 9.27. The van der Waals surface area contributed by atoms with Crippen LogP contribution in [0.25, 0.3) is 6.08 Å². The van der Waals surface area contributed by atoms with Gasteiger partial charge in [0, 0.05) is 17.7 Å². The highest BCUT2D eigenvalue weighted by molar-refractivity contribution is 7.80. The number of ether oxygens (including phenoxy) is 1. The van der Waals surface area contributed by atoms with E-state index < -0.39 is 0 Å². The minimum Gasteiger partial charge on any atom is -0.493 e. The molecule has 6 heteroatoms. The van der Waals surface area contributed by atoms with Gasteiger partial charge in [-0.05, 0) is 49.5 Å². The van der Waals surface area contributed by atoms with Crippen LogP contribution in [0.1, 0.15) is 45.6 Å². The van der Waals surface area contributed by atoms with E-state index in [1.54, 1.807) is 6.08 Å². The van der Waals surface area contributed by atoms with Crippen molar-refractivity contribution in [1.82, 2.24) is 16.2 Å². The minimum atomic E-state index is -0.273. The molecule has 1 aromatic rings. The number of carbonyl (C=O) groups is 1. The van der Waals surface area contributed by atoms with Gasteiger partial charge in [-0.1, -0.05) is 44.9 Å². The first-order chi connectivity index (χ1) is 12.5. The van der Waals surface area contributed by atoms with Crippen LogP contribution < -0.4 is 20.9 Å². The van der Waals surface area contributed by atoms with Crippen LogP contribution >= 0.6 is 12.2 Å². The molecular formula is C20H29N3O2S. The predicted octanol–water partition coefficient (Wildman–Crippen LogP) is 3.42. The molecule has 5 nitrogen and oxygen atoms in total. The van der Waals surface area contributed by atoms with E-state index in [-0.39, 0.29) is 5.91 Å². The maximum atomic E-state index is 12.0. The number of amides is 1. The topological polar surface area (TPSA) is 62.4 Å². The third kappa shape index (κ3) is 6.02. The lowest BCUT2D eigenvalue weighted by Gasteiger charge is -2.35. The molecule has 0 heterocycles. The smallest absolute Gasteiger partial charge is 0.262 e. The molecule has 1 amide bonds. The Balaban J connectivity index is 1.80. The van der Waals surface area contributed by atoms with Gasteiger partial charge in [0.25, 0.3) is 5.91 Å². The van der Waals surface area contributed by atoms with Gasteiger partial charge in [0.2, 0.25) is 0 Å². The third-order valence-electron chi connectivity index (χ3n) is 4.96. The summed E-state index contributed by atoms with van der Waals surface area (Å²) in [7, 11) is 0. The second kappa shape index (κ2) is 10.2. The molecule has 1 aliphatic rings. The summed E-state index contributed by atoms with van der Waals surface area (Å²) in [5, 5.41) is 3.77. The lowest BCUT2D eigenvalue weighted by Crippen LogP contribution is -2.52. The number of hydrogen-bond acceptors (Lipinski definition) is 3. The van der Waals surface area contributed by atoms with Crippen molar-refractivity contribution >= 4 is 29.3 Å². The van der Waals surface area contributed by atoms with Crippen LogP contribution in [0.4, 0.5) is 0 Å². The average Bonchev–Trinajstić information content (AvgIpc) is 2.63. The molecule has 0 aliphatic heterocycles. The van der Waals surface area contributed by atoms with E-state index >= 15 is 0 Å². The van der Waals surface area contributed by atoms with Crippen LogP contribution in [0.15, 0.2) is 30.3 Å². The van der Waals surface area contributed by atoms with E-state index in [9.17, 15) is 4.79 Å². The van der Waals surface area contributed by atoms with Gasteiger partial charge in [-0.3, -0.25) is 15.6 Å². The lowest BCUT2D eigenvalue weighted by atomic mass is 9.78. The van der Waals surface area contributed by atoms with Gasteiger partial charge >= 0.3 is 0 Å². The Morgan fingerprint density at radius 1 is 1.27 bits per heavy atom. The summed E-state index contributed by atoms with van der Waals surface area (Å²) in [5.41, 5.74) is 6.24. The van der Waals surface area contributed by atoms with Gasteiger partial charge in [-0.2, -0.15) is 0 Å². The number of carbonyl (C=O) groups excluding carboxylic acids is 1. The number of para-hydroxylation sites is 1. The van der Waals surface area contributed by atoms with E-state index in [0.29, 0.717) is 29.6 Å². The average molecular weight is 376 g/mol. The molecule has 2 rings (SSSR count). The normalized spacial score (nSPS) is 22.7. The van der Waals surface area contributed by atoms with Crippen LogP contribution in [0.5, 0.6) is 5.75 Å². The van der Waals surface area contributed by atoms with Crippen molar-refractivity contribution in [3.63, 3.8) is 0 Å². The molecule has 0 bridgehead atoms.